The number of aromatic nitrogens is 3. The van der Waals surface area contributed by atoms with Gasteiger partial charge in [0, 0.05) is 48.4 Å². The van der Waals surface area contributed by atoms with Gasteiger partial charge in [-0.1, -0.05) is 18.2 Å². The highest BCUT2D eigenvalue weighted by Gasteiger charge is 2.68. The van der Waals surface area contributed by atoms with Crippen molar-refractivity contribution < 1.29 is 24.2 Å². The van der Waals surface area contributed by atoms with Crippen LogP contribution in [0.2, 0.25) is 18.6 Å². The van der Waals surface area contributed by atoms with Crippen LogP contribution in [0.1, 0.15) is 50.9 Å². The molecule has 0 unspecified atom stereocenters. The number of allylic oxidation sites excluding steroid dienone is 1. The first-order valence-electron chi connectivity index (χ1n) is 13.0. The van der Waals surface area contributed by atoms with E-state index < -0.39 is 19.5 Å². The summed E-state index contributed by atoms with van der Waals surface area (Å²) in [4.78, 5) is 27.9. The molecule has 0 bridgehead atoms. The van der Waals surface area contributed by atoms with Gasteiger partial charge in [0.25, 0.3) is 5.91 Å². The molecule has 1 aromatic heterocycles. The Balaban J connectivity index is 1.59. The average Bonchev–Trinajstić information content (AvgIpc) is 3.45. The number of aliphatic hydroxyl groups is 1. The number of amides is 1. The van der Waals surface area contributed by atoms with Crippen LogP contribution in [-0.2, 0) is 28.1 Å². The molecule has 1 fully saturated rings. The Hall–Kier alpha value is -2.53. The maximum Gasteiger partial charge on any atom is 0.265 e. The molecule has 200 valence electrons. The minimum Gasteiger partial charge on any atom is -0.497 e. The lowest BCUT2D eigenvalue weighted by Crippen LogP contribution is -2.53. The number of aryl methyl sites for hydroxylation is 1. The third-order valence-electron chi connectivity index (χ3n) is 8.36. The van der Waals surface area contributed by atoms with E-state index >= 15 is 0 Å². The zero-order valence-electron chi connectivity index (χ0n) is 22.8. The summed E-state index contributed by atoms with van der Waals surface area (Å²) in [5, 5.41) is 17.5. The van der Waals surface area contributed by atoms with Gasteiger partial charge in [-0.3, -0.25) is 14.4 Å². The van der Waals surface area contributed by atoms with Crippen molar-refractivity contribution in [2.24, 2.45) is 5.92 Å². The van der Waals surface area contributed by atoms with Crippen molar-refractivity contribution in [3.05, 3.63) is 41.2 Å². The number of hydrogen-bond acceptors (Lipinski definition) is 7. The highest BCUT2D eigenvalue weighted by atomic mass is 28.4. The molecule has 4 atom stereocenters. The molecular weight excluding hydrogens is 488 g/mol. The quantitative estimate of drug-likeness (QED) is 0.533. The van der Waals surface area contributed by atoms with Crippen molar-refractivity contribution in [3.63, 3.8) is 0 Å². The number of anilines is 1. The molecule has 2 aromatic rings. The van der Waals surface area contributed by atoms with E-state index in [2.05, 4.69) is 44.1 Å². The number of ether oxygens (including phenoxy) is 2. The summed E-state index contributed by atoms with van der Waals surface area (Å²) in [6, 6.07) is 3.94. The molecule has 9 nitrogen and oxygen atoms in total. The van der Waals surface area contributed by atoms with Gasteiger partial charge in [0.1, 0.15) is 5.75 Å². The molecular formula is C27H38N4O5Si. The summed E-state index contributed by atoms with van der Waals surface area (Å²) < 4.78 is 14.3. The van der Waals surface area contributed by atoms with Gasteiger partial charge >= 0.3 is 0 Å². The lowest BCUT2D eigenvalue weighted by molar-refractivity contribution is -0.146. The van der Waals surface area contributed by atoms with Crippen molar-refractivity contribution in [2.75, 3.05) is 18.6 Å². The van der Waals surface area contributed by atoms with Crippen LogP contribution >= 0.6 is 0 Å². The molecule has 5 rings (SSSR count). The van der Waals surface area contributed by atoms with Crippen LogP contribution in [0.5, 0.6) is 5.75 Å². The third-order valence-corrected chi connectivity index (χ3v) is 10.9. The lowest BCUT2D eigenvalue weighted by Gasteiger charge is -2.39. The normalized spacial score (nSPS) is 28.1. The van der Waals surface area contributed by atoms with Crippen LogP contribution in [0.25, 0.3) is 5.57 Å². The number of carbonyl (C=O) groups excluding carboxylic acids is 1. The topological polar surface area (TPSA) is 110 Å². The molecule has 0 radical (unpaired) electrons. The number of rotatable bonds is 7. The molecule has 10 heteroatoms. The van der Waals surface area contributed by atoms with Crippen molar-refractivity contribution >= 4 is 25.5 Å². The van der Waals surface area contributed by atoms with E-state index in [4.69, 9.17) is 9.47 Å². The molecule has 1 saturated heterocycles. The number of nitrogens with zero attached hydrogens (tertiary/aromatic N) is 4. The van der Waals surface area contributed by atoms with Crippen LogP contribution < -0.4 is 9.64 Å². The minimum absolute atomic E-state index is 0.0188. The lowest BCUT2D eigenvalue weighted by atomic mass is 9.81. The van der Waals surface area contributed by atoms with E-state index in [1.807, 2.05) is 36.3 Å². The van der Waals surface area contributed by atoms with E-state index in [1.54, 1.807) is 11.8 Å². The fraction of sp³-hybridized carbons (Fsp3) is 0.593. The van der Waals surface area contributed by atoms with Crippen molar-refractivity contribution in [2.45, 2.75) is 83.0 Å². The summed E-state index contributed by atoms with van der Waals surface area (Å²) >= 11 is 0. The highest BCUT2D eigenvalue weighted by molar-refractivity contribution is 6.71. The van der Waals surface area contributed by atoms with Crippen LogP contribution in [-0.4, -0.2) is 64.5 Å². The first-order valence-corrected chi connectivity index (χ1v) is 16.0. The molecule has 0 aliphatic carbocycles. The van der Waals surface area contributed by atoms with E-state index in [9.17, 15) is 14.7 Å². The van der Waals surface area contributed by atoms with Crippen molar-refractivity contribution in [3.8, 4) is 5.75 Å². The van der Waals surface area contributed by atoms with Gasteiger partial charge in [-0.05, 0) is 58.0 Å². The summed E-state index contributed by atoms with van der Waals surface area (Å²) in [5.41, 5.74) is 2.63. The first kappa shape index (κ1) is 26.1. The van der Waals surface area contributed by atoms with Gasteiger partial charge in [-0.25, -0.2) is 0 Å². The molecule has 37 heavy (non-hydrogen) atoms. The van der Waals surface area contributed by atoms with E-state index in [1.165, 1.54) is 0 Å². The standard InChI is InChI=1S/C27H38N4O5Si/c1-16-14-26(3,4)31-23-20(16)12-19(35-5)13-21(23)27(25(31)33)17(2)24(37(6,7)34)22(36-27)8-10-30-15-18(9-11-32)28-29-30/h12-15,17,22,24,32,34H,8-11H2,1-7H3/t17-,22+,24-,27+/m0/s1. The van der Waals surface area contributed by atoms with Gasteiger partial charge in [-0.15, -0.1) is 5.10 Å². The summed E-state index contributed by atoms with van der Waals surface area (Å²) in [5.74, 6) is 0.371. The fourth-order valence-corrected chi connectivity index (χ4v) is 9.55. The average molecular weight is 527 g/mol. The predicted octanol–water partition coefficient (Wildman–Crippen LogP) is 3.25. The second kappa shape index (κ2) is 8.76. The summed E-state index contributed by atoms with van der Waals surface area (Å²) in [6.45, 7) is 12.7. The van der Waals surface area contributed by atoms with Gasteiger partial charge < -0.3 is 19.4 Å². The molecule has 1 amide bonds. The van der Waals surface area contributed by atoms with Crippen LogP contribution in [0.15, 0.2) is 24.4 Å². The Morgan fingerprint density at radius 3 is 2.65 bits per heavy atom. The van der Waals surface area contributed by atoms with E-state index in [-0.39, 0.29) is 30.1 Å². The monoisotopic (exact) mass is 526 g/mol. The Morgan fingerprint density at radius 2 is 2.00 bits per heavy atom. The van der Waals surface area contributed by atoms with Crippen LogP contribution in [0.4, 0.5) is 5.69 Å². The zero-order chi connectivity index (χ0) is 26.9. The van der Waals surface area contributed by atoms with Gasteiger partial charge in [0.2, 0.25) is 0 Å². The molecule has 1 spiro atoms. The Labute approximate surface area is 219 Å². The largest absolute Gasteiger partial charge is 0.497 e. The number of hydrogen-bond donors (Lipinski definition) is 2. The predicted molar refractivity (Wildman–Crippen MR) is 143 cm³/mol. The Kier molecular flexibility index (Phi) is 6.18. The summed E-state index contributed by atoms with van der Waals surface area (Å²) in [7, 11) is -1.12. The number of fused-ring (bicyclic) bond motifs is 1. The number of methoxy groups -OCH3 is 1. The van der Waals surface area contributed by atoms with Crippen LogP contribution in [0.3, 0.4) is 0 Å². The van der Waals surface area contributed by atoms with Gasteiger partial charge in [-0.2, -0.15) is 0 Å². The number of benzene rings is 1. The number of aliphatic hydroxyl groups excluding tert-OH is 1. The second-order valence-corrected chi connectivity index (χ2v) is 15.8. The maximum absolute atomic E-state index is 14.5. The third kappa shape index (κ3) is 3.88. The SMILES string of the molecule is COc1cc2c3c(c1)[C@@]1(O[C@H](CCn4cc(CCO)nn4)[C@@H]([Si](C)(C)O)[C@@H]1C)C(=O)N3C(C)(C)C=C2C. The van der Waals surface area contributed by atoms with E-state index in [0.29, 0.717) is 25.1 Å². The zero-order valence-corrected chi connectivity index (χ0v) is 23.8. The molecule has 3 aliphatic rings. The Morgan fingerprint density at radius 1 is 1.27 bits per heavy atom. The smallest absolute Gasteiger partial charge is 0.265 e. The number of carbonyl (C=O) groups is 1. The van der Waals surface area contributed by atoms with Crippen molar-refractivity contribution in [1.29, 1.82) is 0 Å². The summed E-state index contributed by atoms with van der Waals surface area (Å²) in [6.07, 6.45) is 4.65. The highest BCUT2D eigenvalue weighted by Crippen LogP contribution is 2.63. The molecule has 3 aliphatic heterocycles. The second-order valence-electron chi connectivity index (χ2n) is 11.8. The van der Waals surface area contributed by atoms with Gasteiger partial charge in [0.05, 0.1) is 30.1 Å². The molecule has 0 saturated carbocycles. The fourth-order valence-electron chi connectivity index (χ4n) is 6.95. The molecule has 1 aromatic carbocycles. The first-order chi connectivity index (χ1) is 17.3. The minimum atomic E-state index is -2.76. The van der Waals surface area contributed by atoms with Crippen molar-refractivity contribution in [1.82, 2.24) is 15.0 Å². The van der Waals surface area contributed by atoms with Gasteiger partial charge in [0.15, 0.2) is 13.9 Å². The molecule has 4 heterocycles. The van der Waals surface area contributed by atoms with Crippen LogP contribution in [0, 0.1) is 5.92 Å². The molecule has 2 N–H and O–H groups in total. The maximum atomic E-state index is 14.5. The Bertz CT molecular complexity index is 1270. The van der Waals surface area contributed by atoms with E-state index in [0.717, 1.165) is 28.1 Å².